The Balaban J connectivity index is 1.44. The Kier molecular flexibility index (Phi) is 5.45. The number of ether oxygens (including phenoxy) is 1. The third-order valence-electron chi connectivity index (χ3n) is 5.57. The zero-order chi connectivity index (χ0) is 22.2. The van der Waals surface area contributed by atoms with E-state index < -0.39 is 0 Å². The number of hydrogen-bond donors (Lipinski definition) is 2. The molecular weight excluding hydrogens is 426 g/mol. The molecule has 3 heterocycles. The standard InChI is InChI=1S/C24H24ClN5O2/c1-3-4-15-9-20(26-11-15)27-21-10-22(30-12-17(31)13-30)29-24(28-21)32-19-6-5-16-7-14(2)8-18(16)23(19)25/h3-6,8-10,17,31H,7,11-13H2,1-2H3,(H,26,27,28,29)/b4-3+. The largest absolute Gasteiger partial charge is 0.423 e. The smallest absolute Gasteiger partial charge is 0.325 e. The minimum absolute atomic E-state index is 0.184. The zero-order valence-electron chi connectivity index (χ0n) is 18.0. The Labute approximate surface area is 191 Å². The van der Waals surface area contributed by atoms with Gasteiger partial charge >= 0.3 is 6.01 Å². The third kappa shape index (κ3) is 4.13. The fourth-order valence-corrected chi connectivity index (χ4v) is 4.27. The van der Waals surface area contributed by atoms with Crippen LogP contribution in [-0.4, -0.2) is 46.6 Å². The van der Waals surface area contributed by atoms with Crippen molar-refractivity contribution in [1.82, 2.24) is 9.97 Å². The van der Waals surface area contributed by atoms with Gasteiger partial charge in [-0.3, -0.25) is 4.99 Å². The number of rotatable bonds is 5. The normalized spacial score (nSPS) is 17.8. The van der Waals surface area contributed by atoms with Crippen LogP contribution in [0.1, 0.15) is 25.0 Å². The van der Waals surface area contributed by atoms with Crippen LogP contribution in [0.25, 0.3) is 6.08 Å². The van der Waals surface area contributed by atoms with Crippen molar-refractivity contribution in [1.29, 1.82) is 0 Å². The van der Waals surface area contributed by atoms with Gasteiger partial charge in [-0.1, -0.05) is 41.5 Å². The van der Waals surface area contributed by atoms with E-state index in [1.165, 1.54) is 11.1 Å². The molecule has 32 heavy (non-hydrogen) atoms. The Bertz CT molecular complexity index is 1200. The molecule has 0 saturated carbocycles. The highest BCUT2D eigenvalue weighted by molar-refractivity contribution is 6.33. The number of amidine groups is 1. The Morgan fingerprint density at radius 3 is 2.88 bits per heavy atom. The number of aliphatic hydroxyl groups excluding tert-OH is 1. The van der Waals surface area contributed by atoms with Gasteiger partial charge in [-0.2, -0.15) is 9.97 Å². The van der Waals surface area contributed by atoms with Crippen LogP contribution in [0.4, 0.5) is 11.6 Å². The first-order chi connectivity index (χ1) is 15.5. The predicted molar refractivity (Wildman–Crippen MR) is 128 cm³/mol. The summed E-state index contributed by atoms with van der Waals surface area (Å²) in [4.78, 5) is 15.6. The first-order valence-corrected chi connectivity index (χ1v) is 11.0. The summed E-state index contributed by atoms with van der Waals surface area (Å²) in [5.41, 5.74) is 4.57. The van der Waals surface area contributed by atoms with E-state index in [9.17, 15) is 5.11 Å². The van der Waals surface area contributed by atoms with Crippen molar-refractivity contribution in [3.05, 3.63) is 63.7 Å². The molecule has 1 aromatic carbocycles. The van der Waals surface area contributed by atoms with E-state index in [4.69, 9.17) is 16.3 Å². The topological polar surface area (TPSA) is 82.9 Å². The molecule has 1 saturated heterocycles. The van der Waals surface area contributed by atoms with Gasteiger partial charge in [0.25, 0.3) is 0 Å². The Morgan fingerprint density at radius 1 is 1.25 bits per heavy atom. The van der Waals surface area contributed by atoms with E-state index in [1.54, 1.807) is 0 Å². The lowest BCUT2D eigenvalue weighted by Crippen LogP contribution is -2.51. The summed E-state index contributed by atoms with van der Waals surface area (Å²) in [6.45, 7) is 5.74. The monoisotopic (exact) mass is 449 g/mol. The van der Waals surface area contributed by atoms with Gasteiger partial charge in [-0.25, -0.2) is 0 Å². The molecule has 2 aromatic rings. The molecule has 0 unspecified atom stereocenters. The third-order valence-corrected chi connectivity index (χ3v) is 5.96. The molecule has 164 valence electrons. The maximum Gasteiger partial charge on any atom is 0.325 e. The Morgan fingerprint density at radius 2 is 2.09 bits per heavy atom. The van der Waals surface area contributed by atoms with E-state index in [-0.39, 0.29) is 12.1 Å². The zero-order valence-corrected chi connectivity index (χ0v) is 18.7. The van der Waals surface area contributed by atoms with Gasteiger partial charge in [0.1, 0.15) is 23.2 Å². The fourth-order valence-electron chi connectivity index (χ4n) is 3.99. The lowest BCUT2D eigenvalue weighted by molar-refractivity contribution is 0.141. The highest BCUT2D eigenvalue weighted by Gasteiger charge is 2.27. The van der Waals surface area contributed by atoms with Gasteiger partial charge in [0.2, 0.25) is 0 Å². The van der Waals surface area contributed by atoms with Crippen molar-refractivity contribution in [2.75, 3.05) is 29.9 Å². The number of allylic oxidation sites excluding steroid dienone is 2. The molecule has 0 radical (unpaired) electrons. The van der Waals surface area contributed by atoms with Gasteiger partial charge in [0, 0.05) is 24.7 Å². The van der Waals surface area contributed by atoms with Crippen molar-refractivity contribution in [2.24, 2.45) is 4.99 Å². The quantitative estimate of drug-likeness (QED) is 0.704. The summed E-state index contributed by atoms with van der Waals surface area (Å²) < 4.78 is 6.04. The van der Waals surface area contributed by atoms with E-state index in [2.05, 4.69) is 33.3 Å². The second kappa shape index (κ2) is 8.41. The van der Waals surface area contributed by atoms with Gasteiger partial charge in [-0.05, 0) is 43.5 Å². The van der Waals surface area contributed by atoms with Crippen molar-refractivity contribution in [3.8, 4) is 11.8 Å². The molecule has 2 aliphatic heterocycles. The average molecular weight is 450 g/mol. The van der Waals surface area contributed by atoms with Crippen LogP contribution in [0, 0.1) is 0 Å². The second-order valence-corrected chi connectivity index (χ2v) is 8.60. The van der Waals surface area contributed by atoms with Crippen LogP contribution in [0.3, 0.4) is 0 Å². The summed E-state index contributed by atoms with van der Waals surface area (Å²) in [5.74, 6) is 2.48. The molecule has 1 aliphatic carbocycles. The molecule has 0 bridgehead atoms. The van der Waals surface area contributed by atoms with Crippen LogP contribution < -0.4 is 15.0 Å². The minimum Gasteiger partial charge on any atom is -0.423 e. The number of benzene rings is 1. The number of aromatic nitrogens is 2. The summed E-state index contributed by atoms with van der Waals surface area (Å²) in [6.07, 6.45) is 8.65. The van der Waals surface area contributed by atoms with Gasteiger partial charge < -0.3 is 20.1 Å². The summed E-state index contributed by atoms with van der Waals surface area (Å²) in [7, 11) is 0. The molecule has 0 spiro atoms. The van der Waals surface area contributed by atoms with E-state index in [0.29, 0.717) is 42.0 Å². The molecule has 5 rings (SSSR count). The SMILES string of the molecule is C/C=C/C1=CC(Nc2cc(N3CC(O)C3)nc(Oc3ccc4c(c3Cl)C=C(C)C4)n2)=NC1. The van der Waals surface area contributed by atoms with Crippen LogP contribution in [0.5, 0.6) is 11.8 Å². The van der Waals surface area contributed by atoms with Crippen molar-refractivity contribution in [2.45, 2.75) is 26.4 Å². The highest BCUT2D eigenvalue weighted by Crippen LogP contribution is 2.39. The lowest BCUT2D eigenvalue weighted by Gasteiger charge is -2.36. The maximum atomic E-state index is 9.72. The number of hydrogen-bond acceptors (Lipinski definition) is 7. The predicted octanol–water partition coefficient (Wildman–Crippen LogP) is 4.39. The molecule has 0 atom stereocenters. The summed E-state index contributed by atoms with van der Waals surface area (Å²) in [5, 5.41) is 13.5. The van der Waals surface area contributed by atoms with Crippen molar-refractivity contribution < 1.29 is 9.84 Å². The second-order valence-electron chi connectivity index (χ2n) is 8.22. The molecule has 8 heteroatoms. The number of nitrogens with one attached hydrogen (secondary N) is 1. The number of β-amino-alcohol motifs (C(OH)–C–C–N with tert-alkyl or cyclic N) is 1. The first kappa shape index (κ1) is 20.7. The fraction of sp³-hybridized carbons (Fsp3) is 0.292. The number of anilines is 2. The van der Waals surface area contributed by atoms with Crippen LogP contribution in [0.2, 0.25) is 5.02 Å². The number of fused-ring (bicyclic) bond motifs is 1. The average Bonchev–Trinajstić information content (AvgIpc) is 3.34. The lowest BCUT2D eigenvalue weighted by atomic mass is 10.1. The van der Waals surface area contributed by atoms with E-state index in [0.717, 1.165) is 23.4 Å². The molecule has 0 amide bonds. The number of nitrogens with zero attached hydrogens (tertiary/aromatic N) is 4. The Hall–Kier alpha value is -3.16. The van der Waals surface area contributed by atoms with E-state index >= 15 is 0 Å². The van der Waals surface area contributed by atoms with Crippen LogP contribution in [-0.2, 0) is 6.42 Å². The number of halogens is 1. The molecule has 1 aromatic heterocycles. The highest BCUT2D eigenvalue weighted by atomic mass is 35.5. The number of aliphatic hydroxyl groups is 1. The molecule has 3 aliphatic rings. The van der Waals surface area contributed by atoms with Crippen LogP contribution in [0.15, 0.2) is 52.6 Å². The maximum absolute atomic E-state index is 9.72. The molecular formula is C24H24ClN5O2. The van der Waals surface area contributed by atoms with Crippen LogP contribution >= 0.6 is 11.6 Å². The van der Waals surface area contributed by atoms with Gasteiger partial charge in [0.15, 0.2) is 0 Å². The van der Waals surface area contributed by atoms with Gasteiger partial charge in [0.05, 0.1) is 17.7 Å². The molecule has 2 N–H and O–H groups in total. The molecule has 7 nitrogen and oxygen atoms in total. The first-order valence-electron chi connectivity index (χ1n) is 10.6. The number of aliphatic imine (C=N–C) groups is 1. The van der Waals surface area contributed by atoms with E-state index in [1.807, 2.05) is 48.3 Å². The summed E-state index contributed by atoms with van der Waals surface area (Å²) >= 11 is 6.63. The summed E-state index contributed by atoms with van der Waals surface area (Å²) in [6, 6.07) is 5.90. The minimum atomic E-state index is -0.350. The van der Waals surface area contributed by atoms with Gasteiger partial charge in [-0.15, -0.1) is 0 Å². The molecule has 1 fully saturated rings. The van der Waals surface area contributed by atoms with Crippen molar-refractivity contribution in [3.63, 3.8) is 0 Å². The van der Waals surface area contributed by atoms with Crippen molar-refractivity contribution >= 4 is 35.1 Å².